The fraction of sp³-hybridized carbons (Fsp3) is 0.727. The number of carbonyl (C=O) groups is 1. The maximum atomic E-state index is 11.5. The van der Waals surface area contributed by atoms with Gasteiger partial charge >= 0.3 is 5.97 Å². The van der Waals surface area contributed by atoms with E-state index in [-0.39, 0.29) is 18.0 Å². The highest BCUT2D eigenvalue weighted by Crippen LogP contribution is 2.32. The van der Waals surface area contributed by atoms with Crippen molar-refractivity contribution < 1.29 is 9.53 Å². The van der Waals surface area contributed by atoms with Gasteiger partial charge in [-0.25, -0.2) is 4.79 Å². The molecule has 13 heavy (non-hydrogen) atoms. The van der Waals surface area contributed by atoms with Crippen molar-refractivity contribution in [3.05, 3.63) is 11.1 Å². The van der Waals surface area contributed by atoms with Gasteiger partial charge in [0.1, 0.15) is 6.10 Å². The molecule has 74 valence electrons. The number of ether oxygens (including phenoxy) is 1. The molecule has 0 saturated heterocycles. The van der Waals surface area contributed by atoms with Crippen molar-refractivity contribution >= 4 is 5.97 Å². The molecule has 1 rings (SSSR count). The van der Waals surface area contributed by atoms with Gasteiger partial charge in [-0.15, -0.1) is 0 Å². The SMILES string of the molecule is CC(C)C1=C(C(C)C)C(C)OC1=O. The molecule has 1 unspecified atom stereocenters. The molecule has 0 bridgehead atoms. The topological polar surface area (TPSA) is 26.3 Å². The van der Waals surface area contributed by atoms with Crippen LogP contribution in [-0.2, 0) is 9.53 Å². The molecule has 0 aromatic heterocycles. The number of hydrogen-bond donors (Lipinski definition) is 0. The van der Waals surface area contributed by atoms with E-state index in [4.69, 9.17) is 4.74 Å². The Morgan fingerprint density at radius 2 is 1.69 bits per heavy atom. The van der Waals surface area contributed by atoms with Gasteiger partial charge in [-0.2, -0.15) is 0 Å². The Morgan fingerprint density at radius 1 is 1.15 bits per heavy atom. The summed E-state index contributed by atoms with van der Waals surface area (Å²) >= 11 is 0. The molecule has 0 aromatic carbocycles. The van der Waals surface area contributed by atoms with Crippen LogP contribution in [0.2, 0.25) is 0 Å². The molecule has 1 aliphatic heterocycles. The highest BCUT2D eigenvalue weighted by atomic mass is 16.5. The summed E-state index contributed by atoms with van der Waals surface area (Å²) in [6.07, 6.45) is -0.0232. The van der Waals surface area contributed by atoms with Gasteiger partial charge in [0.2, 0.25) is 0 Å². The zero-order chi connectivity index (χ0) is 10.2. The van der Waals surface area contributed by atoms with Crippen LogP contribution in [0.25, 0.3) is 0 Å². The predicted octanol–water partition coefficient (Wildman–Crippen LogP) is 2.54. The predicted molar refractivity (Wildman–Crippen MR) is 52.3 cm³/mol. The monoisotopic (exact) mass is 182 g/mol. The third-order valence-corrected chi connectivity index (χ3v) is 2.45. The molecule has 0 saturated carbocycles. The molecule has 1 aliphatic rings. The van der Waals surface area contributed by atoms with E-state index >= 15 is 0 Å². The van der Waals surface area contributed by atoms with E-state index in [9.17, 15) is 4.79 Å². The minimum atomic E-state index is -0.119. The third-order valence-electron chi connectivity index (χ3n) is 2.45. The van der Waals surface area contributed by atoms with Crippen molar-refractivity contribution in [2.45, 2.75) is 40.7 Å². The molecule has 2 nitrogen and oxygen atoms in total. The van der Waals surface area contributed by atoms with Crippen LogP contribution in [0.15, 0.2) is 11.1 Å². The van der Waals surface area contributed by atoms with Crippen molar-refractivity contribution in [1.82, 2.24) is 0 Å². The lowest BCUT2D eigenvalue weighted by Gasteiger charge is -2.13. The van der Waals surface area contributed by atoms with E-state index in [1.165, 1.54) is 5.57 Å². The van der Waals surface area contributed by atoms with Crippen LogP contribution in [0.1, 0.15) is 34.6 Å². The molecule has 0 N–H and O–H groups in total. The Bertz CT molecular complexity index is 249. The molecule has 0 amide bonds. The van der Waals surface area contributed by atoms with Gasteiger partial charge in [-0.05, 0) is 24.3 Å². The quantitative estimate of drug-likeness (QED) is 0.613. The first-order valence-electron chi connectivity index (χ1n) is 4.90. The number of cyclic esters (lactones) is 1. The lowest BCUT2D eigenvalue weighted by molar-refractivity contribution is -0.139. The van der Waals surface area contributed by atoms with E-state index in [2.05, 4.69) is 13.8 Å². The smallest absolute Gasteiger partial charge is 0.334 e. The highest BCUT2D eigenvalue weighted by molar-refractivity contribution is 5.92. The van der Waals surface area contributed by atoms with Gasteiger partial charge < -0.3 is 4.74 Å². The molecule has 0 aliphatic carbocycles. The van der Waals surface area contributed by atoms with E-state index < -0.39 is 0 Å². The summed E-state index contributed by atoms with van der Waals surface area (Å²) in [4.78, 5) is 11.5. The fourth-order valence-corrected chi connectivity index (χ4v) is 1.97. The van der Waals surface area contributed by atoms with Crippen LogP contribution >= 0.6 is 0 Å². The van der Waals surface area contributed by atoms with Crippen LogP contribution in [0.5, 0.6) is 0 Å². The molecule has 0 aromatic rings. The average Bonchev–Trinajstić information content (AvgIpc) is 2.24. The molecule has 1 heterocycles. The summed E-state index contributed by atoms with van der Waals surface area (Å²) in [7, 11) is 0. The Hall–Kier alpha value is -0.790. The standard InChI is InChI=1S/C11H18O2/c1-6(2)9-8(5)13-11(12)10(9)7(3)4/h6-8H,1-5H3. The minimum Gasteiger partial charge on any atom is -0.455 e. The van der Waals surface area contributed by atoms with Crippen LogP contribution in [0.3, 0.4) is 0 Å². The van der Waals surface area contributed by atoms with Crippen molar-refractivity contribution in [2.24, 2.45) is 11.8 Å². The number of esters is 1. The highest BCUT2D eigenvalue weighted by Gasteiger charge is 2.33. The lowest BCUT2D eigenvalue weighted by atomic mass is 9.90. The van der Waals surface area contributed by atoms with Crippen molar-refractivity contribution in [3.8, 4) is 0 Å². The van der Waals surface area contributed by atoms with Crippen LogP contribution in [0.4, 0.5) is 0 Å². The van der Waals surface area contributed by atoms with Gasteiger partial charge in [-0.3, -0.25) is 0 Å². The van der Waals surface area contributed by atoms with Gasteiger partial charge in [0, 0.05) is 5.57 Å². The van der Waals surface area contributed by atoms with Gasteiger partial charge in [-0.1, -0.05) is 27.7 Å². The number of hydrogen-bond acceptors (Lipinski definition) is 2. The fourth-order valence-electron chi connectivity index (χ4n) is 1.97. The van der Waals surface area contributed by atoms with Crippen molar-refractivity contribution in [3.63, 3.8) is 0 Å². The molecular formula is C11H18O2. The van der Waals surface area contributed by atoms with Crippen molar-refractivity contribution in [1.29, 1.82) is 0 Å². The van der Waals surface area contributed by atoms with Gasteiger partial charge in [0.25, 0.3) is 0 Å². The largest absolute Gasteiger partial charge is 0.455 e. The number of rotatable bonds is 2. The van der Waals surface area contributed by atoms with Crippen LogP contribution in [0, 0.1) is 11.8 Å². The second-order valence-electron chi connectivity index (χ2n) is 4.23. The Morgan fingerprint density at radius 3 is 2.00 bits per heavy atom. The summed E-state index contributed by atoms with van der Waals surface area (Å²) in [5.74, 6) is 0.555. The summed E-state index contributed by atoms with van der Waals surface area (Å²) in [6.45, 7) is 10.2. The summed E-state index contributed by atoms with van der Waals surface area (Å²) < 4.78 is 5.20. The Kier molecular flexibility index (Phi) is 2.79. The number of carbonyl (C=O) groups excluding carboxylic acids is 1. The van der Waals surface area contributed by atoms with E-state index in [0.717, 1.165) is 5.57 Å². The first-order valence-corrected chi connectivity index (χ1v) is 4.90. The molecule has 0 spiro atoms. The van der Waals surface area contributed by atoms with Gasteiger partial charge in [0.15, 0.2) is 0 Å². The van der Waals surface area contributed by atoms with E-state index in [0.29, 0.717) is 5.92 Å². The van der Waals surface area contributed by atoms with E-state index in [1.807, 2.05) is 20.8 Å². The molecule has 0 fully saturated rings. The lowest BCUT2D eigenvalue weighted by Crippen LogP contribution is -2.09. The maximum absolute atomic E-state index is 11.5. The van der Waals surface area contributed by atoms with Crippen molar-refractivity contribution in [2.75, 3.05) is 0 Å². The Labute approximate surface area is 80.0 Å². The normalized spacial score (nSPS) is 23.3. The molecule has 0 radical (unpaired) electrons. The maximum Gasteiger partial charge on any atom is 0.334 e. The summed E-state index contributed by atoms with van der Waals surface area (Å²) in [6, 6.07) is 0. The average molecular weight is 182 g/mol. The zero-order valence-corrected chi connectivity index (χ0v) is 9.05. The molecular weight excluding hydrogens is 164 g/mol. The second-order valence-corrected chi connectivity index (χ2v) is 4.23. The molecule has 2 heteroatoms. The van der Waals surface area contributed by atoms with E-state index in [1.54, 1.807) is 0 Å². The summed E-state index contributed by atoms with van der Waals surface area (Å²) in [5, 5.41) is 0. The third kappa shape index (κ3) is 1.77. The Balaban J connectivity index is 3.10. The molecule has 1 atom stereocenters. The zero-order valence-electron chi connectivity index (χ0n) is 9.05. The van der Waals surface area contributed by atoms with Crippen LogP contribution < -0.4 is 0 Å². The second kappa shape index (κ2) is 3.52. The van der Waals surface area contributed by atoms with Crippen LogP contribution in [-0.4, -0.2) is 12.1 Å². The summed E-state index contributed by atoms with van der Waals surface area (Å²) in [5.41, 5.74) is 2.07. The minimum absolute atomic E-state index is 0.0232. The first-order chi connectivity index (χ1) is 5.95. The van der Waals surface area contributed by atoms with Gasteiger partial charge in [0.05, 0.1) is 0 Å². The first kappa shape index (κ1) is 10.3.